The summed E-state index contributed by atoms with van der Waals surface area (Å²) < 4.78 is 4.61. The van der Waals surface area contributed by atoms with Crippen molar-refractivity contribution in [2.24, 2.45) is 11.8 Å². The third-order valence-corrected chi connectivity index (χ3v) is 7.48. The van der Waals surface area contributed by atoms with Crippen molar-refractivity contribution in [2.45, 2.75) is 69.4 Å². The molecule has 150 valence electrons. The van der Waals surface area contributed by atoms with Crippen LogP contribution in [-0.2, 0) is 11.1 Å². The highest BCUT2D eigenvalue weighted by Gasteiger charge is 2.60. The third-order valence-electron chi connectivity index (χ3n) is 7.48. The van der Waals surface area contributed by atoms with Crippen LogP contribution in [0.1, 0.15) is 64.1 Å². The highest BCUT2D eigenvalue weighted by atomic mass is 15.4. The SMILES string of the molecule is CC(C)c1nccc(-c2nccn2C23CC4CC(CC(n5cncn5)(C4)C2)C3)n1. The zero-order valence-corrected chi connectivity index (χ0v) is 17.1. The standard InChI is InChI=1S/C22H27N7/c1-15(2)19-24-4-3-18(27-19)20-25-5-6-28(20)21-8-16-7-17(9-21)11-22(10-16,12-21)29-14-23-13-26-29/h3-6,13-17H,7-12H2,1-2H3. The lowest BCUT2D eigenvalue weighted by atomic mass is 9.49. The van der Waals surface area contributed by atoms with Gasteiger partial charge in [-0.15, -0.1) is 0 Å². The van der Waals surface area contributed by atoms with Crippen molar-refractivity contribution in [3.63, 3.8) is 0 Å². The third kappa shape index (κ3) is 2.52. The summed E-state index contributed by atoms with van der Waals surface area (Å²) in [7, 11) is 0. The lowest BCUT2D eigenvalue weighted by Gasteiger charge is -2.62. The molecule has 7 rings (SSSR count). The van der Waals surface area contributed by atoms with Crippen LogP contribution >= 0.6 is 0 Å². The van der Waals surface area contributed by atoms with E-state index in [2.05, 4.69) is 44.4 Å². The average molecular weight is 390 g/mol. The van der Waals surface area contributed by atoms with Crippen LogP contribution in [0.5, 0.6) is 0 Å². The molecule has 0 amide bonds. The summed E-state index contributed by atoms with van der Waals surface area (Å²) in [5.74, 6) is 3.64. The van der Waals surface area contributed by atoms with E-state index in [1.165, 1.54) is 32.1 Å². The molecule has 2 atom stereocenters. The minimum atomic E-state index is 0.0881. The Hall–Kier alpha value is -2.57. The molecule has 0 radical (unpaired) electrons. The van der Waals surface area contributed by atoms with E-state index in [1.54, 1.807) is 6.33 Å². The fourth-order valence-electron chi connectivity index (χ4n) is 6.82. The van der Waals surface area contributed by atoms with E-state index in [9.17, 15) is 0 Å². The molecule has 4 bridgehead atoms. The van der Waals surface area contributed by atoms with Crippen molar-refractivity contribution >= 4 is 0 Å². The van der Waals surface area contributed by atoms with Gasteiger partial charge in [0.15, 0.2) is 5.82 Å². The predicted octanol–water partition coefficient (Wildman–Crippen LogP) is 3.76. The van der Waals surface area contributed by atoms with Crippen LogP contribution in [0.4, 0.5) is 0 Å². The first-order valence-electron chi connectivity index (χ1n) is 10.8. The maximum Gasteiger partial charge on any atom is 0.159 e. The van der Waals surface area contributed by atoms with Crippen molar-refractivity contribution in [1.29, 1.82) is 0 Å². The Morgan fingerprint density at radius 3 is 2.55 bits per heavy atom. The molecule has 29 heavy (non-hydrogen) atoms. The van der Waals surface area contributed by atoms with Crippen LogP contribution in [0, 0.1) is 11.8 Å². The van der Waals surface area contributed by atoms with Gasteiger partial charge in [0.1, 0.15) is 24.2 Å². The zero-order valence-electron chi connectivity index (χ0n) is 17.1. The Labute approximate surface area is 170 Å². The van der Waals surface area contributed by atoms with E-state index in [-0.39, 0.29) is 11.1 Å². The Kier molecular flexibility index (Phi) is 3.56. The first kappa shape index (κ1) is 17.3. The number of hydrogen-bond donors (Lipinski definition) is 0. The predicted molar refractivity (Wildman–Crippen MR) is 108 cm³/mol. The van der Waals surface area contributed by atoms with Crippen LogP contribution in [0.15, 0.2) is 37.3 Å². The van der Waals surface area contributed by atoms with Crippen LogP contribution in [0.25, 0.3) is 11.5 Å². The fourth-order valence-corrected chi connectivity index (χ4v) is 6.82. The quantitative estimate of drug-likeness (QED) is 0.679. The Morgan fingerprint density at radius 2 is 1.83 bits per heavy atom. The summed E-state index contributed by atoms with van der Waals surface area (Å²) in [5.41, 5.74) is 1.11. The fraction of sp³-hybridized carbons (Fsp3) is 0.591. The molecule has 0 spiro atoms. The van der Waals surface area contributed by atoms with Gasteiger partial charge in [-0.1, -0.05) is 13.8 Å². The van der Waals surface area contributed by atoms with Gasteiger partial charge in [0.25, 0.3) is 0 Å². The van der Waals surface area contributed by atoms with Gasteiger partial charge in [-0.25, -0.2) is 24.6 Å². The van der Waals surface area contributed by atoms with Crippen molar-refractivity contribution in [2.75, 3.05) is 0 Å². The van der Waals surface area contributed by atoms with Crippen molar-refractivity contribution in [1.82, 2.24) is 34.3 Å². The summed E-state index contributed by atoms with van der Waals surface area (Å²) >= 11 is 0. The highest BCUT2D eigenvalue weighted by molar-refractivity contribution is 5.50. The first-order valence-corrected chi connectivity index (χ1v) is 10.8. The number of imidazole rings is 1. The molecule has 3 heterocycles. The monoisotopic (exact) mass is 389 g/mol. The van der Waals surface area contributed by atoms with Gasteiger partial charge < -0.3 is 4.57 Å². The van der Waals surface area contributed by atoms with Gasteiger partial charge in [0.05, 0.1) is 5.54 Å². The summed E-state index contributed by atoms with van der Waals surface area (Å²) in [4.78, 5) is 18.3. The van der Waals surface area contributed by atoms with Gasteiger partial charge in [-0.3, -0.25) is 0 Å². The molecule has 0 saturated heterocycles. The molecule has 4 fully saturated rings. The van der Waals surface area contributed by atoms with E-state index in [0.29, 0.717) is 5.92 Å². The summed E-state index contributed by atoms with van der Waals surface area (Å²) in [6.07, 6.45) is 17.0. The van der Waals surface area contributed by atoms with Crippen molar-refractivity contribution in [3.8, 4) is 11.5 Å². The molecular weight excluding hydrogens is 362 g/mol. The smallest absolute Gasteiger partial charge is 0.159 e. The van der Waals surface area contributed by atoms with E-state index in [1.807, 2.05) is 24.8 Å². The summed E-state index contributed by atoms with van der Waals surface area (Å²) in [6.45, 7) is 4.26. The normalized spacial score (nSPS) is 32.9. The number of aromatic nitrogens is 7. The zero-order chi connectivity index (χ0) is 19.6. The summed E-state index contributed by atoms with van der Waals surface area (Å²) in [6, 6.07) is 2.00. The minimum Gasteiger partial charge on any atom is -0.323 e. The maximum absolute atomic E-state index is 4.85. The van der Waals surface area contributed by atoms with E-state index in [0.717, 1.165) is 35.6 Å². The molecule has 7 heteroatoms. The lowest BCUT2D eigenvalue weighted by Crippen LogP contribution is -2.60. The Bertz CT molecular complexity index is 1020. The van der Waals surface area contributed by atoms with Crippen LogP contribution in [-0.4, -0.2) is 34.3 Å². The second-order valence-electron chi connectivity index (χ2n) is 9.83. The summed E-state index contributed by atoms with van der Waals surface area (Å²) in [5, 5.41) is 4.59. The molecule has 4 aliphatic carbocycles. The highest BCUT2D eigenvalue weighted by Crippen LogP contribution is 2.63. The van der Waals surface area contributed by atoms with Crippen LogP contribution < -0.4 is 0 Å². The molecule has 0 N–H and O–H groups in total. The second-order valence-corrected chi connectivity index (χ2v) is 9.83. The number of rotatable bonds is 4. The molecule has 0 aromatic carbocycles. The van der Waals surface area contributed by atoms with Crippen molar-refractivity contribution < 1.29 is 0 Å². The molecule has 2 unspecified atom stereocenters. The average Bonchev–Trinajstić information content (AvgIpc) is 3.40. The number of nitrogens with zero attached hydrogens (tertiary/aromatic N) is 7. The molecule has 3 aromatic rings. The molecule has 4 aliphatic rings. The second kappa shape index (κ2) is 5.97. The van der Waals surface area contributed by atoms with Gasteiger partial charge >= 0.3 is 0 Å². The van der Waals surface area contributed by atoms with Gasteiger partial charge in [0.2, 0.25) is 0 Å². The molecule has 0 aliphatic heterocycles. The largest absolute Gasteiger partial charge is 0.323 e. The van der Waals surface area contributed by atoms with E-state index in [4.69, 9.17) is 9.97 Å². The molecule has 7 nitrogen and oxygen atoms in total. The van der Waals surface area contributed by atoms with Crippen molar-refractivity contribution in [3.05, 3.63) is 43.1 Å². The van der Waals surface area contributed by atoms with Gasteiger partial charge in [0, 0.05) is 30.0 Å². The lowest BCUT2D eigenvalue weighted by molar-refractivity contribution is -0.0968. The van der Waals surface area contributed by atoms with E-state index >= 15 is 0 Å². The van der Waals surface area contributed by atoms with Crippen LogP contribution in [0.3, 0.4) is 0 Å². The first-order chi connectivity index (χ1) is 14.1. The number of hydrogen-bond acceptors (Lipinski definition) is 5. The van der Waals surface area contributed by atoms with Gasteiger partial charge in [-0.05, 0) is 56.4 Å². The topological polar surface area (TPSA) is 74.3 Å². The van der Waals surface area contributed by atoms with E-state index < -0.39 is 0 Å². The Balaban J connectivity index is 1.45. The molecule has 4 saturated carbocycles. The van der Waals surface area contributed by atoms with Gasteiger partial charge in [-0.2, -0.15) is 5.10 Å². The maximum atomic E-state index is 4.85. The minimum absolute atomic E-state index is 0.0881. The molecular formula is C22H27N7. The Morgan fingerprint density at radius 1 is 1.03 bits per heavy atom. The molecule has 3 aromatic heterocycles. The van der Waals surface area contributed by atoms with Crippen LogP contribution in [0.2, 0.25) is 0 Å².